The summed E-state index contributed by atoms with van der Waals surface area (Å²) in [5, 5.41) is 25.9. The number of alkyl halides is 3. The van der Waals surface area contributed by atoms with Crippen LogP contribution in [0.25, 0.3) is 11.3 Å². The number of amides is 1. The summed E-state index contributed by atoms with van der Waals surface area (Å²) in [5.41, 5.74) is -3.96. The number of pyridine rings is 1. The molecule has 0 radical (unpaired) electrons. The molecule has 0 unspecified atom stereocenters. The van der Waals surface area contributed by atoms with Crippen molar-refractivity contribution in [3.05, 3.63) is 102 Å². The molecule has 2 atom stereocenters. The second kappa shape index (κ2) is 13.5. The Balaban J connectivity index is 1.52. The van der Waals surface area contributed by atoms with Crippen LogP contribution in [0.15, 0.2) is 78.9 Å². The molecule has 248 valence electrons. The van der Waals surface area contributed by atoms with Gasteiger partial charge in [-0.25, -0.2) is 9.37 Å². The second-order valence-electron chi connectivity index (χ2n) is 11.3. The number of aromatic nitrogens is 1. The van der Waals surface area contributed by atoms with E-state index in [0.29, 0.717) is 5.56 Å². The number of carbonyl (C=O) groups is 1. The predicted molar refractivity (Wildman–Crippen MR) is 165 cm³/mol. The van der Waals surface area contributed by atoms with Crippen LogP contribution in [-0.4, -0.2) is 67.3 Å². The third-order valence-corrected chi connectivity index (χ3v) is 7.90. The first-order valence-corrected chi connectivity index (χ1v) is 14.6. The van der Waals surface area contributed by atoms with Crippen molar-refractivity contribution in [1.82, 2.24) is 10.3 Å². The van der Waals surface area contributed by atoms with Gasteiger partial charge >= 0.3 is 6.18 Å². The van der Waals surface area contributed by atoms with Gasteiger partial charge in [0.25, 0.3) is 5.91 Å². The number of para-hydroxylation sites is 1. The Hall–Kier alpha value is -4.88. The zero-order valence-electron chi connectivity index (χ0n) is 25.5. The third-order valence-electron chi connectivity index (χ3n) is 7.90. The zero-order chi connectivity index (χ0) is 33.8. The number of benzene rings is 3. The van der Waals surface area contributed by atoms with Gasteiger partial charge in [-0.1, -0.05) is 25.1 Å². The van der Waals surface area contributed by atoms with Gasteiger partial charge in [0.2, 0.25) is 5.60 Å². The van der Waals surface area contributed by atoms with Crippen molar-refractivity contribution in [3.8, 4) is 28.5 Å². The van der Waals surface area contributed by atoms with E-state index in [1.807, 2.05) is 37.3 Å². The smallest absolute Gasteiger partial charge is 0.424 e. The van der Waals surface area contributed by atoms with Gasteiger partial charge in [0.15, 0.2) is 11.5 Å². The number of hydrogen-bond donors (Lipinski definition) is 4. The van der Waals surface area contributed by atoms with Gasteiger partial charge in [-0.05, 0) is 60.7 Å². The number of methoxy groups -OCH3 is 1. The Bertz CT molecular complexity index is 1720. The Kier molecular flexibility index (Phi) is 9.59. The van der Waals surface area contributed by atoms with E-state index in [1.165, 1.54) is 37.4 Å². The first-order chi connectivity index (χ1) is 22.4. The number of carbonyl (C=O) groups excluding carboxylic acids is 1. The Morgan fingerprint density at radius 2 is 1.77 bits per heavy atom. The summed E-state index contributed by atoms with van der Waals surface area (Å²) in [4.78, 5) is 17.3. The summed E-state index contributed by atoms with van der Waals surface area (Å²) in [6.45, 7) is 0.563. The van der Waals surface area contributed by atoms with E-state index in [9.17, 15) is 27.5 Å². The van der Waals surface area contributed by atoms with Crippen molar-refractivity contribution in [1.29, 1.82) is 0 Å². The van der Waals surface area contributed by atoms with Gasteiger partial charge in [-0.3, -0.25) is 4.79 Å². The lowest BCUT2D eigenvalue weighted by Crippen LogP contribution is -2.51. The first kappa shape index (κ1) is 33.5. The largest absolute Gasteiger partial charge is 0.493 e. The highest BCUT2D eigenvalue weighted by Gasteiger charge is 2.57. The van der Waals surface area contributed by atoms with Crippen LogP contribution in [0.1, 0.15) is 28.5 Å². The minimum absolute atomic E-state index is 0.0156. The quantitative estimate of drug-likeness (QED) is 0.154. The van der Waals surface area contributed by atoms with E-state index in [4.69, 9.17) is 19.3 Å². The standard InChI is InChI=1S/C34H33F4N3O6/c1-32(18-39-24-6-4-3-5-7-24)20-47-30-25(32)17-28(41-29(30)21-8-11-23(35)12-9-21)33(44,34(36,37)38)19-40-31(43)22-10-13-26(46-15-14-42)27(16-22)45-2/h3-13,16-17,39,42,44H,14-15,18-20H2,1-2H3,(H,40,43)/t32-,33-/m0/s1. The summed E-state index contributed by atoms with van der Waals surface area (Å²) in [5.74, 6) is -0.947. The lowest BCUT2D eigenvalue weighted by molar-refractivity contribution is -0.265. The third kappa shape index (κ3) is 6.96. The molecule has 1 aromatic heterocycles. The van der Waals surface area contributed by atoms with E-state index < -0.39 is 41.2 Å². The van der Waals surface area contributed by atoms with Crippen molar-refractivity contribution < 1.29 is 46.8 Å². The molecule has 0 saturated carbocycles. The fourth-order valence-electron chi connectivity index (χ4n) is 5.18. The fourth-order valence-corrected chi connectivity index (χ4v) is 5.18. The number of nitrogens with zero attached hydrogens (tertiary/aromatic N) is 1. The average molecular weight is 656 g/mol. The Morgan fingerprint density at radius 1 is 1.04 bits per heavy atom. The molecule has 0 saturated heterocycles. The van der Waals surface area contributed by atoms with E-state index in [2.05, 4.69) is 15.6 Å². The van der Waals surface area contributed by atoms with Crippen molar-refractivity contribution in [2.45, 2.75) is 24.1 Å². The van der Waals surface area contributed by atoms with E-state index >= 15 is 0 Å². The van der Waals surface area contributed by atoms with Crippen molar-refractivity contribution in [3.63, 3.8) is 0 Å². The maximum Gasteiger partial charge on any atom is 0.424 e. The summed E-state index contributed by atoms with van der Waals surface area (Å²) in [6, 6.07) is 19.3. The average Bonchev–Trinajstić information content (AvgIpc) is 3.41. The predicted octanol–water partition coefficient (Wildman–Crippen LogP) is 5.21. The molecule has 0 bridgehead atoms. The Morgan fingerprint density at radius 3 is 2.43 bits per heavy atom. The molecular weight excluding hydrogens is 622 g/mol. The fraction of sp³-hybridized carbons (Fsp3) is 0.294. The second-order valence-corrected chi connectivity index (χ2v) is 11.3. The number of anilines is 1. The van der Waals surface area contributed by atoms with Gasteiger partial charge in [0, 0.05) is 34.3 Å². The molecule has 1 aliphatic heterocycles. The molecule has 13 heteroatoms. The maximum atomic E-state index is 14.8. The van der Waals surface area contributed by atoms with Crippen LogP contribution in [0.5, 0.6) is 17.2 Å². The minimum atomic E-state index is -5.29. The summed E-state index contributed by atoms with van der Waals surface area (Å²) >= 11 is 0. The molecule has 0 aliphatic carbocycles. The zero-order valence-corrected chi connectivity index (χ0v) is 25.5. The van der Waals surface area contributed by atoms with Crippen LogP contribution in [0.3, 0.4) is 0 Å². The van der Waals surface area contributed by atoms with Crippen molar-refractivity contribution in [2.75, 3.05) is 45.3 Å². The summed E-state index contributed by atoms with van der Waals surface area (Å²) in [6.07, 6.45) is -5.29. The minimum Gasteiger partial charge on any atom is -0.493 e. The van der Waals surface area contributed by atoms with Crippen molar-refractivity contribution in [2.24, 2.45) is 0 Å². The van der Waals surface area contributed by atoms with Crippen molar-refractivity contribution >= 4 is 11.6 Å². The number of ether oxygens (including phenoxy) is 3. The van der Waals surface area contributed by atoms with Crippen LogP contribution in [-0.2, 0) is 11.0 Å². The molecule has 1 aliphatic rings. The molecule has 47 heavy (non-hydrogen) atoms. The molecule has 1 amide bonds. The highest BCUT2D eigenvalue weighted by Crippen LogP contribution is 2.48. The normalized spacial score (nSPS) is 16.9. The molecule has 2 heterocycles. The van der Waals surface area contributed by atoms with Gasteiger partial charge < -0.3 is 35.1 Å². The number of halogens is 4. The molecule has 0 spiro atoms. The number of nitrogens with one attached hydrogen (secondary N) is 2. The first-order valence-electron chi connectivity index (χ1n) is 14.6. The maximum absolute atomic E-state index is 14.8. The van der Waals surface area contributed by atoms with Crippen LogP contribution >= 0.6 is 0 Å². The highest BCUT2D eigenvalue weighted by atomic mass is 19.4. The number of hydrogen-bond acceptors (Lipinski definition) is 8. The lowest BCUT2D eigenvalue weighted by atomic mass is 9.82. The molecule has 9 nitrogen and oxygen atoms in total. The van der Waals surface area contributed by atoms with Gasteiger partial charge in [0.1, 0.15) is 23.9 Å². The highest BCUT2D eigenvalue weighted by molar-refractivity contribution is 5.95. The van der Waals surface area contributed by atoms with Crippen LogP contribution < -0.4 is 24.8 Å². The van der Waals surface area contributed by atoms with Crippen LogP contribution in [0.2, 0.25) is 0 Å². The number of aliphatic hydroxyl groups excluding tert-OH is 1. The molecule has 4 N–H and O–H groups in total. The van der Waals surface area contributed by atoms with E-state index in [-0.39, 0.29) is 60.4 Å². The monoisotopic (exact) mass is 655 g/mol. The lowest BCUT2D eigenvalue weighted by Gasteiger charge is -2.32. The number of rotatable bonds is 12. The van der Waals surface area contributed by atoms with Gasteiger partial charge in [0.05, 0.1) is 32.6 Å². The van der Waals surface area contributed by atoms with Crippen LogP contribution in [0.4, 0.5) is 23.2 Å². The Labute approximate surface area is 268 Å². The number of fused-ring (bicyclic) bond motifs is 1. The summed E-state index contributed by atoms with van der Waals surface area (Å²) < 4.78 is 74.9. The van der Waals surface area contributed by atoms with Crippen LogP contribution in [0, 0.1) is 5.82 Å². The molecular formula is C34H33F4N3O6. The number of aliphatic hydroxyl groups is 2. The van der Waals surface area contributed by atoms with E-state index in [0.717, 1.165) is 23.9 Å². The van der Waals surface area contributed by atoms with Gasteiger partial charge in [-0.2, -0.15) is 13.2 Å². The van der Waals surface area contributed by atoms with E-state index in [1.54, 1.807) is 0 Å². The SMILES string of the molecule is COc1cc(C(=O)NC[C@](O)(c2cc3c(c(-c4ccc(F)cc4)n2)OC[C@]3(C)CNc2ccccc2)C(F)(F)F)ccc1OCCO. The summed E-state index contributed by atoms with van der Waals surface area (Å²) in [7, 11) is 1.32. The topological polar surface area (TPSA) is 122 Å². The molecule has 3 aromatic carbocycles. The van der Waals surface area contributed by atoms with Gasteiger partial charge in [-0.15, -0.1) is 0 Å². The molecule has 0 fully saturated rings. The molecule has 5 rings (SSSR count). The molecule has 4 aromatic rings.